The minimum absolute atomic E-state index is 0.0815. The maximum Gasteiger partial charge on any atom is 0.495 e. The lowest BCUT2D eigenvalue weighted by molar-refractivity contribution is -0.121. The monoisotopic (exact) mass is 614 g/mol. The van der Waals surface area contributed by atoms with Crippen molar-refractivity contribution in [3.05, 3.63) is 53.6 Å². The number of nitrogens with one attached hydrogen (secondary N) is 2. The lowest BCUT2D eigenvalue weighted by atomic mass is 9.68. The number of anilines is 2. The van der Waals surface area contributed by atoms with Crippen LogP contribution in [0.15, 0.2) is 42.5 Å². The molecule has 2 aromatic carbocycles. The van der Waals surface area contributed by atoms with Crippen LogP contribution in [0.4, 0.5) is 11.4 Å². The van der Waals surface area contributed by atoms with Gasteiger partial charge >= 0.3 is 7.12 Å². The zero-order valence-electron chi connectivity index (χ0n) is 28.5. The molecule has 244 valence electrons. The van der Waals surface area contributed by atoms with E-state index in [0.29, 0.717) is 11.3 Å². The zero-order chi connectivity index (χ0) is 32.2. The summed E-state index contributed by atoms with van der Waals surface area (Å²) in [4.78, 5) is 26.1. The fraction of sp³-hybridized carbons (Fsp3) is 0.632. The second-order valence-corrected chi connectivity index (χ2v) is 15.1. The van der Waals surface area contributed by atoms with Gasteiger partial charge in [-0.2, -0.15) is 0 Å². The summed E-state index contributed by atoms with van der Waals surface area (Å²) < 4.78 is 12.4. The summed E-state index contributed by atoms with van der Waals surface area (Å²) in [6.45, 7) is 12.5. The highest BCUT2D eigenvalue weighted by Crippen LogP contribution is 2.42. The highest BCUT2D eigenvalue weighted by molar-refractivity contribution is 6.62. The van der Waals surface area contributed by atoms with E-state index in [2.05, 4.69) is 17.6 Å². The first-order valence-corrected chi connectivity index (χ1v) is 17.6. The van der Waals surface area contributed by atoms with Gasteiger partial charge in [-0.1, -0.05) is 51.5 Å². The van der Waals surface area contributed by atoms with Crippen LogP contribution in [-0.4, -0.2) is 30.1 Å². The Hall–Kier alpha value is -2.64. The third-order valence-corrected chi connectivity index (χ3v) is 11.4. The fourth-order valence-corrected chi connectivity index (χ4v) is 7.62. The van der Waals surface area contributed by atoms with E-state index in [9.17, 15) is 9.59 Å². The number of carbonyl (C=O) groups excluding carboxylic acids is 2. The Balaban J connectivity index is 1.06. The van der Waals surface area contributed by atoms with Crippen LogP contribution in [0, 0.1) is 30.6 Å². The van der Waals surface area contributed by atoms with Gasteiger partial charge in [-0.15, -0.1) is 0 Å². The van der Waals surface area contributed by atoms with E-state index < -0.39 is 18.3 Å². The second kappa shape index (κ2) is 14.4. The van der Waals surface area contributed by atoms with Crippen molar-refractivity contribution >= 4 is 35.8 Å². The fourth-order valence-electron chi connectivity index (χ4n) is 7.62. The van der Waals surface area contributed by atoms with Crippen LogP contribution in [0.3, 0.4) is 0 Å². The molecule has 0 unspecified atom stereocenters. The first-order valence-electron chi connectivity index (χ1n) is 17.6. The maximum absolute atomic E-state index is 13.1. The Kier molecular flexibility index (Phi) is 10.8. The average Bonchev–Trinajstić information content (AvgIpc) is 3.24. The van der Waals surface area contributed by atoms with Crippen molar-refractivity contribution in [2.75, 3.05) is 10.6 Å². The first kappa shape index (κ1) is 33.7. The van der Waals surface area contributed by atoms with Crippen molar-refractivity contribution in [3.63, 3.8) is 0 Å². The van der Waals surface area contributed by atoms with Gasteiger partial charge in [0.05, 0.1) is 11.2 Å². The van der Waals surface area contributed by atoms with Crippen LogP contribution in [0.1, 0.15) is 128 Å². The Morgan fingerprint density at radius 1 is 0.778 bits per heavy atom. The summed E-state index contributed by atoms with van der Waals surface area (Å²) in [6.07, 6.45) is 15.5. The van der Waals surface area contributed by atoms with E-state index in [-0.39, 0.29) is 17.7 Å². The summed E-state index contributed by atoms with van der Waals surface area (Å²) in [5.74, 6) is 2.63. The molecule has 5 rings (SSSR count). The van der Waals surface area contributed by atoms with Gasteiger partial charge in [-0.25, -0.2) is 0 Å². The lowest BCUT2D eigenvalue weighted by Gasteiger charge is -2.37. The number of amides is 2. The van der Waals surface area contributed by atoms with Crippen molar-refractivity contribution in [2.24, 2.45) is 23.7 Å². The van der Waals surface area contributed by atoms with E-state index in [4.69, 9.17) is 9.31 Å². The normalized spacial score (nSPS) is 26.0. The summed E-state index contributed by atoms with van der Waals surface area (Å²) in [6, 6.07) is 13.0. The minimum atomic E-state index is -0.442. The first-order chi connectivity index (χ1) is 21.5. The molecule has 0 radical (unpaired) electrons. The number of hydrogen-bond donors (Lipinski definition) is 2. The molecule has 2 amide bonds. The molecule has 7 heteroatoms. The standard InChI is InChI=1S/C38H55BN2O4/c1-7-8-9-10-27-11-13-28(14-12-27)29-15-17-30(18-16-29)35(42)40-32-21-19-31(20-22-32)36(43)41-33-23-24-34(26(2)25-33)39-44-37(3,4)38(5,6)45-39/h19-25,27-30H,7-18H2,1-6H3,(H,40,42)(H,41,43)/t27-,28-,29-,30-. The number of carbonyl (C=O) groups is 2. The number of unbranched alkanes of at least 4 members (excludes halogenated alkanes) is 2. The molecule has 1 heterocycles. The van der Waals surface area contributed by atoms with Gasteiger partial charge in [0, 0.05) is 22.9 Å². The number of rotatable bonds is 10. The third kappa shape index (κ3) is 8.21. The molecule has 0 atom stereocenters. The number of hydrogen-bond acceptors (Lipinski definition) is 4. The van der Waals surface area contributed by atoms with E-state index in [1.807, 2.05) is 65.0 Å². The molecular formula is C38H55BN2O4. The SMILES string of the molecule is CCCCC[C@H]1CC[C@H]([C@H]2CC[C@H](C(=O)Nc3ccc(C(=O)Nc4ccc(B5OC(C)(C)C(C)(C)O5)c(C)c4)cc3)CC2)CC1. The van der Waals surface area contributed by atoms with Crippen LogP contribution in [0.25, 0.3) is 0 Å². The molecule has 3 aliphatic rings. The molecule has 0 bridgehead atoms. The quantitative estimate of drug-likeness (QED) is 0.207. The van der Waals surface area contributed by atoms with E-state index in [0.717, 1.165) is 47.3 Å². The molecule has 1 aliphatic heterocycles. The van der Waals surface area contributed by atoms with Crippen molar-refractivity contribution in [1.29, 1.82) is 0 Å². The molecule has 0 spiro atoms. The van der Waals surface area contributed by atoms with Gasteiger partial charge in [0.15, 0.2) is 0 Å². The summed E-state index contributed by atoms with van der Waals surface area (Å²) in [5, 5.41) is 6.11. The van der Waals surface area contributed by atoms with Crippen molar-refractivity contribution in [2.45, 2.75) is 130 Å². The van der Waals surface area contributed by atoms with Crippen molar-refractivity contribution < 1.29 is 18.9 Å². The van der Waals surface area contributed by atoms with E-state index >= 15 is 0 Å². The Bertz CT molecular complexity index is 1290. The maximum atomic E-state index is 13.1. The molecule has 1 saturated heterocycles. The molecule has 45 heavy (non-hydrogen) atoms. The van der Waals surface area contributed by atoms with Gasteiger partial charge in [0.1, 0.15) is 0 Å². The Morgan fingerprint density at radius 3 is 1.93 bits per heavy atom. The largest absolute Gasteiger partial charge is 0.495 e. The highest BCUT2D eigenvalue weighted by atomic mass is 16.7. The second-order valence-electron chi connectivity index (χ2n) is 15.1. The molecule has 2 saturated carbocycles. The van der Waals surface area contributed by atoms with Gasteiger partial charge < -0.3 is 19.9 Å². The lowest BCUT2D eigenvalue weighted by Crippen LogP contribution is -2.41. The molecule has 2 aromatic rings. The third-order valence-electron chi connectivity index (χ3n) is 11.4. The number of aryl methyl sites for hydroxylation is 1. The summed E-state index contributed by atoms with van der Waals surface area (Å²) in [5.41, 5.74) is 3.13. The molecular weight excluding hydrogens is 559 g/mol. The smallest absolute Gasteiger partial charge is 0.399 e. The topological polar surface area (TPSA) is 76.7 Å². The van der Waals surface area contributed by atoms with Crippen molar-refractivity contribution in [3.8, 4) is 0 Å². The predicted molar refractivity (Wildman–Crippen MR) is 185 cm³/mol. The molecule has 0 aromatic heterocycles. The molecule has 6 nitrogen and oxygen atoms in total. The van der Waals surface area contributed by atoms with Crippen LogP contribution in [0.2, 0.25) is 0 Å². The Morgan fingerprint density at radius 2 is 1.36 bits per heavy atom. The Labute approximate surface area is 272 Å². The van der Waals surface area contributed by atoms with Gasteiger partial charge in [0.25, 0.3) is 5.91 Å². The van der Waals surface area contributed by atoms with E-state index in [1.165, 1.54) is 64.2 Å². The zero-order valence-corrected chi connectivity index (χ0v) is 28.5. The van der Waals surface area contributed by atoms with Crippen LogP contribution in [0.5, 0.6) is 0 Å². The van der Waals surface area contributed by atoms with E-state index in [1.54, 1.807) is 12.1 Å². The van der Waals surface area contributed by atoms with Crippen LogP contribution < -0.4 is 16.1 Å². The molecule has 2 N–H and O–H groups in total. The van der Waals surface area contributed by atoms with Gasteiger partial charge in [0.2, 0.25) is 5.91 Å². The van der Waals surface area contributed by atoms with Gasteiger partial charge in [-0.05, 0) is 138 Å². The summed E-state index contributed by atoms with van der Waals surface area (Å²) in [7, 11) is -0.442. The van der Waals surface area contributed by atoms with Crippen LogP contribution in [-0.2, 0) is 14.1 Å². The molecule has 3 fully saturated rings. The highest BCUT2D eigenvalue weighted by Gasteiger charge is 2.52. The number of benzene rings is 2. The minimum Gasteiger partial charge on any atom is -0.399 e. The predicted octanol–water partition coefficient (Wildman–Crippen LogP) is 8.68. The van der Waals surface area contributed by atoms with Crippen LogP contribution >= 0.6 is 0 Å². The van der Waals surface area contributed by atoms with Crippen molar-refractivity contribution in [1.82, 2.24) is 0 Å². The van der Waals surface area contributed by atoms with Gasteiger partial charge in [-0.3, -0.25) is 9.59 Å². The molecule has 2 aliphatic carbocycles. The average molecular weight is 615 g/mol. The summed E-state index contributed by atoms with van der Waals surface area (Å²) >= 11 is 0.